The first-order valence-corrected chi connectivity index (χ1v) is 8.04. The molecule has 0 aliphatic heterocycles. The van der Waals surface area contributed by atoms with Crippen molar-refractivity contribution in [3.63, 3.8) is 0 Å². The van der Waals surface area contributed by atoms with E-state index in [9.17, 15) is 4.79 Å². The molecule has 21 heavy (non-hydrogen) atoms. The third-order valence-electron chi connectivity index (χ3n) is 4.44. The smallest absolute Gasteiger partial charge is 0.241 e. The largest absolute Gasteiger partial charge is 0.399 e. The summed E-state index contributed by atoms with van der Waals surface area (Å²) in [4.78, 5) is 14.8. The van der Waals surface area contributed by atoms with Crippen LogP contribution >= 0.6 is 0 Å². The van der Waals surface area contributed by atoms with Gasteiger partial charge in [-0.05, 0) is 44.5 Å². The molecule has 1 aliphatic carbocycles. The van der Waals surface area contributed by atoms with Gasteiger partial charge in [0, 0.05) is 17.4 Å². The van der Waals surface area contributed by atoms with E-state index in [1.54, 1.807) is 6.07 Å². The number of nitrogens with two attached hydrogens (primary N) is 1. The molecule has 1 atom stereocenters. The van der Waals surface area contributed by atoms with Gasteiger partial charge in [-0.3, -0.25) is 9.69 Å². The summed E-state index contributed by atoms with van der Waals surface area (Å²) in [7, 11) is 0. The third-order valence-corrected chi connectivity index (χ3v) is 4.44. The Kier molecular flexibility index (Phi) is 5.62. The number of anilines is 2. The SMILES string of the molecule is CCN(C1CCCCC1)C(C)C(=O)Nc1cccc(N)c1. The lowest BCUT2D eigenvalue weighted by atomic mass is 9.93. The Hall–Kier alpha value is -1.55. The molecule has 0 heterocycles. The van der Waals surface area contributed by atoms with Gasteiger partial charge in [-0.2, -0.15) is 0 Å². The van der Waals surface area contributed by atoms with E-state index in [4.69, 9.17) is 5.73 Å². The van der Waals surface area contributed by atoms with E-state index >= 15 is 0 Å². The first-order chi connectivity index (χ1) is 10.1. The number of carbonyl (C=O) groups is 1. The van der Waals surface area contributed by atoms with Crippen LogP contribution in [0.4, 0.5) is 11.4 Å². The van der Waals surface area contributed by atoms with Crippen LogP contribution < -0.4 is 11.1 Å². The van der Waals surface area contributed by atoms with E-state index < -0.39 is 0 Å². The fraction of sp³-hybridized carbons (Fsp3) is 0.588. The van der Waals surface area contributed by atoms with Crippen LogP contribution in [0.2, 0.25) is 0 Å². The highest BCUT2D eigenvalue weighted by atomic mass is 16.2. The maximum atomic E-state index is 12.5. The zero-order valence-corrected chi connectivity index (χ0v) is 13.1. The van der Waals surface area contributed by atoms with Gasteiger partial charge in [-0.1, -0.05) is 32.3 Å². The average Bonchev–Trinajstić information content (AvgIpc) is 2.49. The molecule has 1 aromatic rings. The van der Waals surface area contributed by atoms with E-state index in [1.165, 1.54) is 32.1 Å². The lowest BCUT2D eigenvalue weighted by Gasteiger charge is -2.37. The predicted molar refractivity (Wildman–Crippen MR) is 88.2 cm³/mol. The molecule has 1 amide bonds. The van der Waals surface area contributed by atoms with Gasteiger partial charge in [0.2, 0.25) is 5.91 Å². The number of amides is 1. The summed E-state index contributed by atoms with van der Waals surface area (Å²) in [6, 6.07) is 7.78. The molecule has 4 nitrogen and oxygen atoms in total. The molecule has 1 saturated carbocycles. The van der Waals surface area contributed by atoms with E-state index in [-0.39, 0.29) is 11.9 Å². The minimum absolute atomic E-state index is 0.0491. The molecule has 1 fully saturated rings. The highest BCUT2D eigenvalue weighted by molar-refractivity contribution is 5.94. The predicted octanol–water partition coefficient (Wildman–Crippen LogP) is 3.25. The van der Waals surface area contributed by atoms with Crippen LogP contribution in [-0.2, 0) is 4.79 Å². The molecule has 1 aliphatic rings. The Balaban J connectivity index is 1.99. The number of nitrogens with zero attached hydrogens (tertiary/aromatic N) is 1. The topological polar surface area (TPSA) is 58.4 Å². The fourth-order valence-electron chi connectivity index (χ4n) is 3.27. The molecule has 3 N–H and O–H groups in total. The quantitative estimate of drug-likeness (QED) is 0.818. The van der Waals surface area contributed by atoms with E-state index in [0.29, 0.717) is 11.7 Å². The summed E-state index contributed by atoms with van der Waals surface area (Å²) in [5.41, 5.74) is 7.19. The standard InChI is InChI=1S/C17H27N3O/c1-3-20(16-10-5-4-6-11-16)13(2)17(21)19-15-9-7-8-14(18)12-15/h7-9,12-13,16H,3-6,10-11,18H2,1-2H3,(H,19,21). The number of benzene rings is 1. The zero-order chi connectivity index (χ0) is 15.2. The minimum atomic E-state index is -0.112. The summed E-state index contributed by atoms with van der Waals surface area (Å²) in [6.07, 6.45) is 6.32. The van der Waals surface area contributed by atoms with E-state index in [2.05, 4.69) is 17.1 Å². The van der Waals surface area contributed by atoms with Gasteiger partial charge in [0.1, 0.15) is 0 Å². The summed E-state index contributed by atoms with van der Waals surface area (Å²) in [5.74, 6) is 0.0491. The van der Waals surface area contributed by atoms with Crippen molar-refractivity contribution < 1.29 is 4.79 Å². The molecule has 2 rings (SSSR count). The van der Waals surface area contributed by atoms with Gasteiger partial charge >= 0.3 is 0 Å². The second kappa shape index (κ2) is 7.46. The summed E-state index contributed by atoms with van der Waals surface area (Å²) >= 11 is 0. The maximum absolute atomic E-state index is 12.5. The highest BCUT2D eigenvalue weighted by Crippen LogP contribution is 2.24. The van der Waals surface area contributed by atoms with Crippen LogP contribution in [0, 0.1) is 0 Å². The molecule has 0 bridgehead atoms. The van der Waals surface area contributed by atoms with Crippen molar-refractivity contribution in [2.24, 2.45) is 0 Å². The second-order valence-electron chi connectivity index (χ2n) is 5.91. The van der Waals surface area contributed by atoms with Crippen molar-refractivity contribution in [1.82, 2.24) is 4.90 Å². The van der Waals surface area contributed by atoms with Gasteiger partial charge in [0.05, 0.1) is 6.04 Å². The molecule has 0 aromatic heterocycles. The molecule has 0 radical (unpaired) electrons. The average molecular weight is 289 g/mol. The Morgan fingerprint density at radius 3 is 2.71 bits per heavy atom. The van der Waals surface area contributed by atoms with Crippen LogP contribution in [0.25, 0.3) is 0 Å². The Morgan fingerprint density at radius 2 is 2.10 bits per heavy atom. The van der Waals surface area contributed by atoms with Gasteiger partial charge in [-0.15, -0.1) is 0 Å². The molecule has 4 heteroatoms. The van der Waals surface area contributed by atoms with Gasteiger partial charge in [0.15, 0.2) is 0 Å². The monoisotopic (exact) mass is 289 g/mol. The summed E-state index contributed by atoms with van der Waals surface area (Å²) in [5, 5.41) is 2.98. The number of likely N-dealkylation sites (N-methyl/N-ethyl adjacent to an activating group) is 1. The van der Waals surface area contributed by atoms with Crippen molar-refractivity contribution in [3.05, 3.63) is 24.3 Å². The number of hydrogen-bond acceptors (Lipinski definition) is 3. The number of nitrogen functional groups attached to an aromatic ring is 1. The van der Waals surface area contributed by atoms with E-state index in [1.807, 2.05) is 25.1 Å². The van der Waals surface area contributed by atoms with Gasteiger partial charge < -0.3 is 11.1 Å². The lowest BCUT2D eigenvalue weighted by Crippen LogP contribution is -2.48. The maximum Gasteiger partial charge on any atom is 0.241 e. The molecule has 1 unspecified atom stereocenters. The van der Waals surface area contributed by atoms with Crippen LogP contribution in [0.3, 0.4) is 0 Å². The van der Waals surface area contributed by atoms with Crippen molar-refractivity contribution in [3.8, 4) is 0 Å². The van der Waals surface area contributed by atoms with Crippen LogP contribution in [0.5, 0.6) is 0 Å². The zero-order valence-electron chi connectivity index (χ0n) is 13.1. The fourth-order valence-corrected chi connectivity index (χ4v) is 3.27. The first kappa shape index (κ1) is 15.8. The van der Waals surface area contributed by atoms with Crippen molar-refractivity contribution in [2.75, 3.05) is 17.6 Å². The Labute approximate surface area is 127 Å². The second-order valence-corrected chi connectivity index (χ2v) is 5.91. The Bertz CT molecular complexity index is 469. The first-order valence-electron chi connectivity index (χ1n) is 8.04. The number of hydrogen-bond donors (Lipinski definition) is 2. The molecule has 1 aromatic carbocycles. The van der Waals surface area contributed by atoms with Crippen molar-refractivity contribution in [2.45, 2.75) is 58.0 Å². The van der Waals surface area contributed by atoms with Crippen molar-refractivity contribution in [1.29, 1.82) is 0 Å². The van der Waals surface area contributed by atoms with Crippen molar-refractivity contribution >= 4 is 17.3 Å². The molecule has 0 spiro atoms. The molecule has 116 valence electrons. The van der Waals surface area contributed by atoms with Crippen LogP contribution in [-0.4, -0.2) is 29.4 Å². The van der Waals surface area contributed by atoms with Gasteiger partial charge in [0.25, 0.3) is 0 Å². The molecule has 0 saturated heterocycles. The normalized spacial score (nSPS) is 17.7. The number of carbonyl (C=O) groups excluding carboxylic acids is 1. The summed E-state index contributed by atoms with van der Waals surface area (Å²) in [6.45, 7) is 5.05. The summed E-state index contributed by atoms with van der Waals surface area (Å²) < 4.78 is 0. The van der Waals surface area contributed by atoms with E-state index in [0.717, 1.165) is 12.2 Å². The number of nitrogens with one attached hydrogen (secondary N) is 1. The van der Waals surface area contributed by atoms with Gasteiger partial charge in [-0.25, -0.2) is 0 Å². The van der Waals surface area contributed by atoms with Crippen LogP contribution in [0.1, 0.15) is 46.0 Å². The lowest BCUT2D eigenvalue weighted by molar-refractivity contribution is -0.121. The van der Waals surface area contributed by atoms with Crippen LogP contribution in [0.15, 0.2) is 24.3 Å². The molecular formula is C17H27N3O. The number of rotatable bonds is 5. The third kappa shape index (κ3) is 4.21. The molecular weight excluding hydrogens is 262 g/mol. The minimum Gasteiger partial charge on any atom is -0.399 e. The Morgan fingerprint density at radius 1 is 1.38 bits per heavy atom. The highest BCUT2D eigenvalue weighted by Gasteiger charge is 2.27.